The highest BCUT2D eigenvalue weighted by Gasteiger charge is 2.45. The lowest BCUT2D eigenvalue weighted by Crippen LogP contribution is -2.37. The van der Waals surface area contributed by atoms with Gasteiger partial charge in [0.05, 0.1) is 6.10 Å². The first kappa shape index (κ1) is 14.2. The molecule has 1 aromatic rings. The summed E-state index contributed by atoms with van der Waals surface area (Å²) < 4.78 is 6.01. The number of carbonyl (C=O) groups excluding carboxylic acids is 1. The van der Waals surface area contributed by atoms with E-state index in [0.29, 0.717) is 6.04 Å². The Morgan fingerprint density at radius 2 is 2.05 bits per heavy atom. The summed E-state index contributed by atoms with van der Waals surface area (Å²) in [5.41, 5.74) is 1.34. The van der Waals surface area contributed by atoms with E-state index in [4.69, 9.17) is 4.74 Å². The molecule has 2 heterocycles. The maximum atomic E-state index is 12.2. The van der Waals surface area contributed by atoms with Gasteiger partial charge in [0.2, 0.25) is 5.91 Å². The van der Waals surface area contributed by atoms with E-state index in [1.54, 1.807) is 0 Å². The Bertz CT molecular complexity index is 529. The zero-order valence-corrected chi connectivity index (χ0v) is 12.9. The number of fused-ring (bicyclic) bond motifs is 1. The van der Waals surface area contributed by atoms with Gasteiger partial charge in [-0.3, -0.25) is 9.69 Å². The van der Waals surface area contributed by atoms with E-state index in [1.165, 1.54) is 18.4 Å². The highest BCUT2D eigenvalue weighted by molar-refractivity contribution is 5.81. The van der Waals surface area contributed by atoms with Crippen LogP contribution in [0.1, 0.15) is 31.2 Å². The molecule has 0 aromatic heterocycles. The second kappa shape index (κ2) is 6.01. The Kier molecular flexibility index (Phi) is 3.89. The van der Waals surface area contributed by atoms with Crippen molar-refractivity contribution in [2.75, 3.05) is 13.1 Å². The summed E-state index contributed by atoms with van der Waals surface area (Å²) in [5.74, 6) is 0.820. The number of ether oxygens (including phenoxy) is 1. The lowest BCUT2D eigenvalue weighted by atomic mass is 10.1. The molecule has 1 aliphatic carbocycles. The van der Waals surface area contributed by atoms with Gasteiger partial charge < -0.3 is 10.1 Å². The number of amides is 1. The summed E-state index contributed by atoms with van der Waals surface area (Å²) in [7, 11) is 0. The second-order valence-corrected chi connectivity index (χ2v) is 6.90. The van der Waals surface area contributed by atoms with Crippen LogP contribution in [0.15, 0.2) is 30.3 Å². The Morgan fingerprint density at radius 1 is 1.23 bits per heavy atom. The van der Waals surface area contributed by atoms with E-state index in [0.717, 1.165) is 38.4 Å². The van der Waals surface area contributed by atoms with Crippen LogP contribution in [-0.2, 0) is 16.1 Å². The van der Waals surface area contributed by atoms with E-state index in [9.17, 15) is 4.79 Å². The highest BCUT2D eigenvalue weighted by Crippen LogP contribution is 2.34. The molecular weight excluding hydrogens is 276 g/mol. The molecule has 3 aliphatic rings. The molecule has 4 nitrogen and oxygen atoms in total. The molecule has 0 unspecified atom stereocenters. The molecule has 3 atom stereocenters. The van der Waals surface area contributed by atoms with Gasteiger partial charge in [-0.25, -0.2) is 0 Å². The van der Waals surface area contributed by atoms with Gasteiger partial charge in [-0.1, -0.05) is 30.3 Å². The van der Waals surface area contributed by atoms with Crippen molar-refractivity contribution in [2.45, 2.75) is 50.5 Å². The van der Waals surface area contributed by atoms with Gasteiger partial charge in [0.15, 0.2) is 0 Å². The van der Waals surface area contributed by atoms with Crippen LogP contribution in [0.3, 0.4) is 0 Å². The summed E-state index contributed by atoms with van der Waals surface area (Å²) in [4.78, 5) is 14.7. The molecule has 4 heteroatoms. The lowest BCUT2D eigenvalue weighted by molar-refractivity contribution is -0.132. The standard InChI is InChI=1S/C18H24N2O2/c21-18(19-11-13-6-7-13)17-10-15-16(22-17)8-9-20(15)12-14-4-2-1-3-5-14/h1-5,13,15-17H,6-12H2,(H,19,21)/t15-,16-,17-/m0/s1. The van der Waals surface area contributed by atoms with Gasteiger partial charge >= 0.3 is 0 Å². The molecule has 2 saturated heterocycles. The maximum Gasteiger partial charge on any atom is 0.249 e. The maximum absolute atomic E-state index is 12.2. The van der Waals surface area contributed by atoms with Crippen molar-refractivity contribution in [1.29, 1.82) is 0 Å². The van der Waals surface area contributed by atoms with Crippen LogP contribution in [-0.4, -0.2) is 42.1 Å². The van der Waals surface area contributed by atoms with Crippen LogP contribution >= 0.6 is 0 Å². The molecule has 2 aliphatic heterocycles. The fraction of sp³-hybridized carbons (Fsp3) is 0.611. The fourth-order valence-electron chi connectivity index (χ4n) is 3.70. The van der Waals surface area contributed by atoms with Gasteiger partial charge in [0.1, 0.15) is 6.10 Å². The first-order valence-electron chi connectivity index (χ1n) is 8.51. The van der Waals surface area contributed by atoms with Crippen LogP contribution in [0.4, 0.5) is 0 Å². The summed E-state index contributed by atoms with van der Waals surface area (Å²) in [6.07, 6.45) is 4.41. The van der Waals surface area contributed by atoms with Crippen LogP contribution in [0.2, 0.25) is 0 Å². The van der Waals surface area contributed by atoms with E-state index in [2.05, 4.69) is 40.5 Å². The summed E-state index contributed by atoms with van der Waals surface area (Å²) in [6.45, 7) is 2.87. The number of carbonyl (C=O) groups is 1. The van der Waals surface area contributed by atoms with E-state index < -0.39 is 0 Å². The smallest absolute Gasteiger partial charge is 0.249 e. The SMILES string of the molecule is O=C(NCC1CC1)[C@@H]1C[C@H]2[C@H](CCN2Cc2ccccc2)O1. The molecule has 3 fully saturated rings. The molecule has 1 aromatic carbocycles. The van der Waals surface area contributed by atoms with Gasteiger partial charge in [0, 0.05) is 32.1 Å². The first-order valence-corrected chi connectivity index (χ1v) is 8.51. The zero-order valence-electron chi connectivity index (χ0n) is 12.9. The van der Waals surface area contributed by atoms with Crippen LogP contribution in [0.5, 0.6) is 0 Å². The third kappa shape index (κ3) is 3.03. The number of hydrogen-bond acceptors (Lipinski definition) is 3. The van der Waals surface area contributed by atoms with E-state index in [-0.39, 0.29) is 18.1 Å². The molecule has 4 rings (SSSR count). The average molecular weight is 300 g/mol. The van der Waals surface area contributed by atoms with Gasteiger partial charge in [-0.2, -0.15) is 0 Å². The van der Waals surface area contributed by atoms with E-state index >= 15 is 0 Å². The minimum atomic E-state index is -0.243. The lowest BCUT2D eigenvalue weighted by Gasteiger charge is -2.22. The minimum absolute atomic E-state index is 0.0981. The summed E-state index contributed by atoms with van der Waals surface area (Å²) >= 11 is 0. The molecular formula is C18H24N2O2. The number of nitrogens with zero attached hydrogens (tertiary/aromatic N) is 1. The predicted octanol–water partition coefficient (Wildman–Crippen LogP) is 1.94. The topological polar surface area (TPSA) is 41.6 Å². The Hall–Kier alpha value is -1.39. The van der Waals surface area contributed by atoms with Crippen molar-refractivity contribution in [3.8, 4) is 0 Å². The molecule has 0 spiro atoms. The number of hydrogen-bond donors (Lipinski definition) is 1. The number of benzene rings is 1. The predicted molar refractivity (Wildman–Crippen MR) is 84.3 cm³/mol. The van der Waals surface area contributed by atoms with Crippen LogP contribution < -0.4 is 5.32 Å². The molecule has 0 radical (unpaired) electrons. The molecule has 1 amide bonds. The monoisotopic (exact) mass is 300 g/mol. The minimum Gasteiger partial charge on any atom is -0.363 e. The van der Waals surface area contributed by atoms with Gasteiger partial charge in [-0.15, -0.1) is 0 Å². The van der Waals surface area contributed by atoms with Gasteiger partial charge in [0.25, 0.3) is 0 Å². The summed E-state index contributed by atoms with van der Waals surface area (Å²) in [6, 6.07) is 11.0. The van der Waals surface area contributed by atoms with Crippen molar-refractivity contribution in [1.82, 2.24) is 10.2 Å². The van der Waals surface area contributed by atoms with Crippen molar-refractivity contribution < 1.29 is 9.53 Å². The Labute approximate surface area is 131 Å². The molecule has 1 saturated carbocycles. The van der Waals surface area contributed by atoms with Crippen molar-refractivity contribution in [3.63, 3.8) is 0 Å². The quantitative estimate of drug-likeness (QED) is 0.903. The fourth-order valence-corrected chi connectivity index (χ4v) is 3.70. The average Bonchev–Trinajstić information content (AvgIpc) is 3.16. The molecule has 0 bridgehead atoms. The molecule has 22 heavy (non-hydrogen) atoms. The third-order valence-electron chi connectivity index (χ3n) is 5.18. The highest BCUT2D eigenvalue weighted by atomic mass is 16.5. The largest absolute Gasteiger partial charge is 0.363 e. The van der Waals surface area contributed by atoms with Gasteiger partial charge in [-0.05, 0) is 30.7 Å². The van der Waals surface area contributed by atoms with Crippen molar-refractivity contribution in [3.05, 3.63) is 35.9 Å². The normalized spacial score (nSPS) is 31.2. The second-order valence-electron chi connectivity index (χ2n) is 6.90. The van der Waals surface area contributed by atoms with Crippen molar-refractivity contribution in [2.24, 2.45) is 5.92 Å². The Balaban J connectivity index is 1.33. The van der Waals surface area contributed by atoms with Crippen molar-refractivity contribution >= 4 is 5.91 Å². The van der Waals surface area contributed by atoms with E-state index in [1.807, 2.05) is 0 Å². The Morgan fingerprint density at radius 3 is 2.82 bits per heavy atom. The number of likely N-dealkylation sites (tertiary alicyclic amines) is 1. The molecule has 118 valence electrons. The number of nitrogens with one attached hydrogen (secondary N) is 1. The van der Waals surface area contributed by atoms with Crippen LogP contribution in [0.25, 0.3) is 0 Å². The number of rotatable bonds is 5. The summed E-state index contributed by atoms with van der Waals surface area (Å²) in [5, 5.41) is 3.06. The molecule has 1 N–H and O–H groups in total. The third-order valence-corrected chi connectivity index (χ3v) is 5.18. The van der Waals surface area contributed by atoms with Crippen LogP contribution in [0, 0.1) is 5.92 Å². The zero-order chi connectivity index (χ0) is 14.9. The first-order chi connectivity index (χ1) is 10.8.